The molecule has 6 heteroatoms. The number of carbonyl (C=O) groups is 1. The Balaban J connectivity index is 1.72. The van der Waals surface area contributed by atoms with Gasteiger partial charge in [0.2, 0.25) is 0 Å². The van der Waals surface area contributed by atoms with E-state index in [-0.39, 0.29) is 0 Å². The number of imidazole rings is 1. The fraction of sp³-hybridized carbons (Fsp3) is 0.250. The Morgan fingerprint density at radius 1 is 1.32 bits per heavy atom. The number of aromatic nitrogens is 2. The number of carboxylic acid groups (broad SMARTS) is 1. The molecule has 22 heavy (non-hydrogen) atoms. The molecular weight excluding hydrogens is 298 g/mol. The van der Waals surface area contributed by atoms with E-state index in [2.05, 4.69) is 21.3 Å². The first-order valence-corrected chi connectivity index (χ1v) is 7.84. The van der Waals surface area contributed by atoms with Crippen LogP contribution in [0.1, 0.15) is 27.3 Å². The van der Waals surface area contributed by atoms with Crippen LogP contribution >= 0.6 is 11.3 Å². The molecule has 3 aromatic rings. The van der Waals surface area contributed by atoms with Crippen molar-refractivity contribution in [3.63, 3.8) is 0 Å². The third-order valence-corrected chi connectivity index (χ3v) is 4.39. The highest BCUT2D eigenvalue weighted by atomic mass is 32.1. The number of aromatic carboxylic acids is 1. The summed E-state index contributed by atoms with van der Waals surface area (Å²) < 4.78 is 2.13. The third-order valence-electron chi connectivity index (χ3n) is 3.63. The molecule has 1 N–H and O–H groups in total. The fourth-order valence-electron chi connectivity index (χ4n) is 2.51. The molecule has 1 aromatic carbocycles. The van der Waals surface area contributed by atoms with Crippen LogP contribution < -0.4 is 0 Å². The predicted octanol–water partition coefficient (Wildman–Crippen LogP) is 3.03. The van der Waals surface area contributed by atoms with Crippen molar-refractivity contribution in [1.82, 2.24) is 14.3 Å². The molecule has 0 aliphatic carbocycles. The Morgan fingerprint density at radius 3 is 2.73 bits per heavy atom. The van der Waals surface area contributed by atoms with Crippen molar-refractivity contribution in [3.05, 3.63) is 58.4 Å². The van der Waals surface area contributed by atoms with E-state index >= 15 is 0 Å². The van der Waals surface area contributed by atoms with Crippen molar-refractivity contribution in [3.8, 4) is 0 Å². The Hall–Kier alpha value is -2.18. The molecule has 2 heterocycles. The summed E-state index contributed by atoms with van der Waals surface area (Å²) in [6.07, 6.45) is 2.05. The van der Waals surface area contributed by atoms with Gasteiger partial charge in [0.15, 0.2) is 4.96 Å². The number of benzene rings is 1. The Bertz CT molecular complexity index is 805. The van der Waals surface area contributed by atoms with Crippen LogP contribution in [-0.2, 0) is 13.1 Å². The average molecular weight is 315 g/mol. The molecule has 0 spiro atoms. The van der Waals surface area contributed by atoms with Crippen molar-refractivity contribution in [2.75, 3.05) is 7.05 Å². The largest absolute Gasteiger partial charge is 0.478 e. The van der Waals surface area contributed by atoms with E-state index < -0.39 is 5.97 Å². The fourth-order valence-corrected chi connectivity index (χ4v) is 3.29. The van der Waals surface area contributed by atoms with E-state index in [4.69, 9.17) is 5.11 Å². The van der Waals surface area contributed by atoms with Gasteiger partial charge in [-0.05, 0) is 31.7 Å². The van der Waals surface area contributed by atoms with Gasteiger partial charge in [0.25, 0.3) is 0 Å². The van der Waals surface area contributed by atoms with Gasteiger partial charge in [-0.3, -0.25) is 9.30 Å². The summed E-state index contributed by atoms with van der Waals surface area (Å²) in [6.45, 7) is 3.59. The summed E-state index contributed by atoms with van der Waals surface area (Å²) in [5.41, 5.74) is 3.66. The number of hydrogen-bond donors (Lipinski definition) is 1. The topological polar surface area (TPSA) is 57.8 Å². The second kappa shape index (κ2) is 5.90. The molecule has 0 aliphatic rings. The summed E-state index contributed by atoms with van der Waals surface area (Å²) in [7, 11) is 2.05. The molecule has 0 atom stereocenters. The maximum atomic E-state index is 10.9. The normalized spacial score (nSPS) is 11.4. The van der Waals surface area contributed by atoms with Crippen LogP contribution in [-0.4, -0.2) is 32.4 Å². The molecule has 0 bridgehead atoms. The van der Waals surface area contributed by atoms with Crippen molar-refractivity contribution < 1.29 is 9.90 Å². The van der Waals surface area contributed by atoms with Crippen molar-refractivity contribution in [2.45, 2.75) is 20.0 Å². The molecule has 0 saturated heterocycles. The number of nitrogens with zero attached hydrogens (tertiary/aromatic N) is 3. The number of hydrogen-bond acceptors (Lipinski definition) is 4. The van der Waals surface area contributed by atoms with Crippen molar-refractivity contribution >= 4 is 22.3 Å². The first-order valence-electron chi connectivity index (χ1n) is 6.96. The molecule has 3 rings (SSSR count). The third kappa shape index (κ3) is 2.88. The predicted molar refractivity (Wildman–Crippen MR) is 86.4 cm³/mol. The molecule has 2 aromatic heterocycles. The summed E-state index contributed by atoms with van der Waals surface area (Å²) in [6, 6.07) is 7.02. The van der Waals surface area contributed by atoms with Crippen molar-refractivity contribution in [1.29, 1.82) is 0 Å². The maximum Gasteiger partial charge on any atom is 0.335 e. The minimum atomic E-state index is -0.894. The standard InChI is InChI=1S/C16H17N3O2S/c1-11-14(19-7-8-22-16(19)17-11)10-18(2)9-12-3-5-13(6-4-12)15(20)21/h3-8H,9-10H2,1-2H3,(H,20,21). The highest BCUT2D eigenvalue weighted by Crippen LogP contribution is 2.18. The average Bonchev–Trinajstić information content (AvgIpc) is 3.03. The minimum absolute atomic E-state index is 0.318. The van der Waals surface area contributed by atoms with Gasteiger partial charge >= 0.3 is 5.97 Å². The Labute approximate surface area is 132 Å². The lowest BCUT2D eigenvalue weighted by atomic mass is 10.1. The first kappa shape index (κ1) is 14.7. The zero-order valence-electron chi connectivity index (χ0n) is 12.5. The van der Waals surface area contributed by atoms with E-state index in [1.807, 2.05) is 30.6 Å². The number of rotatable bonds is 5. The number of aryl methyl sites for hydroxylation is 1. The highest BCUT2D eigenvalue weighted by Gasteiger charge is 2.12. The summed E-state index contributed by atoms with van der Waals surface area (Å²) in [5, 5.41) is 11.0. The summed E-state index contributed by atoms with van der Waals surface area (Å²) in [4.78, 5) is 18.6. The SMILES string of the molecule is Cc1nc2sccn2c1CN(C)Cc1ccc(C(=O)O)cc1. The molecule has 0 unspecified atom stereocenters. The lowest BCUT2D eigenvalue weighted by molar-refractivity contribution is 0.0697. The van der Waals surface area contributed by atoms with Gasteiger partial charge in [-0.15, -0.1) is 11.3 Å². The Morgan fingerprint density at radius 2 is 2.05 bits per heavy atom. The number of fused-ring (bicyclic) bond motifs is 1. The maximum absolute atomic E-state index is 10.9. The molecule has 0 aliphatic heterocycles. The summed E-state index contributed by atoms with van der Waals surface area (Å²) >= 11 is 1.64. The molecule has 114 valence electrons. The van der Waals surface area contributed by atoms with Gasteiger partial charge in [-0.2, -0.15) is 0 Å². The smallest absolute Gasteiger partial charge is 0.335 e. The monoisotopic (exact) mass is 315 g/mol. The van der Waals surface area contributed by atoms with Gasteiger partial charge in [0.05, 0.1) is 17.0 Å². The lowest BCUT2D eigenvalue weighted by Gasteiger charge is -2.17. The van der Waals surface area contributed by atoms with Crippen molar-refractivity contribution in [2.24, 2.45) is 0 Å². The molecule has 0 saturated carbocycles. The molecule has 0 fully saturated rings. The molecule has 0 amide bonds. The van der Waals surface area contributed by atoms with Crippen LogP contribution in [0, 0.1) is 6.92 Å². The van der Waals surface area contributed by atoms with Gasteiger partial charge in [-0.25, -0.2) is 9.78 Å². The Kier molecular flexibility index (Phi) is 3.96. The number of thiazole rings is 1. The first-order chi connectivity index (χ1) is 10.5. The van der Waals surface area contributed by atoms with E-state index in [9.17, 15) is 4.79 Å². The minimum Gasteiger partial charge on any atom is -0.478 e. The molecule has 5 nitrogen and oxygen atoms in total. The van der Waals surface area contributed by atoms with Crippen LogP contribution in [0.3, 0.4) is 0 Å². The number of carboxylic acids is 1. The van der Waals surface area contributed by atoms with Gasteiger partial charge in [0, 0.05) is 24.7 Å². The van der Waals surface area contributed by atoms with Crippen LogP contribution in [0.5, 0.6) is 0 Å². The van der Waals surface area contributed by atoms with E-state index in [1.165, 1.54) is 5.69 Å². The van der Waals surface area contributed by atoms with Crippen LogP contribution in [0.4, 0.5) is 0 Å². The lowest BCUT2D eigenvalue weighted by Crippen LogP contribution is -2.18. The molecular formula is C16H17N3O2S. The molecule has 0 radical (unpaired) electrons. The second-order valence-corrected chi connectivity index (χ2v) is 6.25. The van der Waals surface area contributed by atoms with Gasteiger partial charge in [0.1, 0.15) is 0 Å². The zero-order chi connectivity index (χ0) is 15.7. The van der Waals surface area contributed by atoms with Crippen LogP contribution in [0.25, 0.3) is 4.96 Å². The van der Waals surface area contributed by atoms with E-state index in [1.54, 1.807) is 23.5 Å². The highest BCUT2D eigenvalue weighted by molar-refractivity contribution is 7.15. The van der Waals surface area contributed by atoms with Gasteiger partial charge < -0.3 is 5.11 Å². The summed E-state index contributed by atoms with van der Waals surface area (Å²) in [5.74, 6) is -0.894. The van der Waals surface area contributed by atoms with Gasteiger partial charge in [-0.1, -0.05) is 12.1 Å². The zero-order valence-corrected chi connectivity index (χ0v) is 13.3. The van der Waals surface area contributed by atoms with E-state index in [0.717, 1.165) is 29.3 Å². The van der Waals surface area contributed by atoms with Crippen LogP contribution in [0.15, 0.2) is 35.8 Å². The van der Waals surface area contributed by atoms with Crippen LogP contribution in [0.2, 0.25) is 0 Å². The van der Waals surface area contributed by atoms with E-state index in [0.29, 0.717) is 5.56 Å². The second-order valence-electron chi connectivity index (χ2n) is 5.37. The quantitative estimate of drug-likeness (QED) is 0.786.